The van der Waals surface area contributed by atoms with E-state index in [1.807, 2.05) is 29.2 Å². The maximum absolute atomic E-state index is 13.3. The molecule has 0 aromatic heterocycles. The zero-order valence-corrected chi connectivity index (χ0v) is 17.8. The Hall–Kier alpha value is -3.87. The molecule has 164 valence electrons. The normalized spacial score (nSPS) is 13.8. The molecule has 6 nitrogen and oxygen atoms in total. The molecular formula is C25H24FN3O3. The highest BCUT2D eigenvalue weighted by Crippen LogP contribution is 2.24. The number of halogens is 1. The molecule has 1 fully saturated rings. The van der Waals surface area contributed by atoms with E-state index in [-0.39, 0.29) is 11.6 Å². The Kier molecular flexibility index (Phi) is 6.35. The van der Waals surface area contributed by atoms with Crippen molar-refractivity contribution in [2.24, 2.45) is 0 Å². The Balaban J connectivity index is 1.41. The van der Waals surface area contributed by atoms with Crippen LogP contribution in [0.2, 0.25) is 0 Å². The van der Waals surface area contributed by atoms with Crippen molar-refractivity contribution in [2.75, 3.05) is 30.4 Å². The third-order valence-electron chi connectivity index (χ3n) is 5.37. The van der Waals surface area contributed by atoms with Gasteiger partial charge in [-0.2, -0.15) is 0 Å². The molecule has 1 heterocycles. The summed E-state index contributed by atoms with van der Waals surface area (Å²) in [5.74, 6) is -0.0716. The van der Waals surface area contributed by atoms with Crippen LogP contribution < -0.4 is 15.0 Å². The van der Waals surface area contributed by atoms with Gasteiger partial charge in [0.25, 0.3) is 5.91 Å². The summed E-state index contributed by atoms with van der Waals surface area (Å²) >= 11 is 0. The van der Waals surface area contributed by atoms with E-state index in [2.05, 4.69) is 5.32 Å². The Morgan fingerprint density at radius 3 is 2.47 bits per heavy atom. The van der Waals surface area contributed by atoms with E-state index in [0.29, 0.717) is 25.3 Å². The average Bonchev–Trinajstić information content (AvgIpc) is 2.81. The molecule has 0 spiro atoms. The van der Waals surface area contributed by atoms with Gasteiger partial charge in [-0.1, -0.05) is 18.2 Å². The van der Waals surface area contributed by atoms with Gasteiger partial charge in [0.1, 0.15) is 11.6 Å². The number of methoxy groups -OCH3 is 1. The largest absolute Gasteiger partial charge is 0.497 e. The van der Waals surface area contributed by atoms with Crippen LogP contribution in [0.3, 0.4) is 0 Å². The lowest BCUT2D eigenvalue weighted by Gasteiger charge is -2.35. The van der Waals surface area contributed by atoms with Crippen molar-refractivity contribution in [3.8, 4) is 5.75 Å². The van der Waals surface area contributed by atoms with Gasteiger partial charge in [0.15, 0.2) is 0 Å². The smallest absolute Gasteiger partial charge is 0.324 e. The van der Waals surface area contributed by atoms with Crippen LogP contribution in [-0.2, 0) is 6.54 Å². The minimum Gasteiger partial charge on any atom is -0.497 e. The molecule has 0 radical (unpaired) electrons. The number of amides is 3. The van der Waals surface area contributed by atoms with Crippen molar-refractivity contribution < 1.29 is 18.7 Å². The zero-order valence-electron chi connectivity index (χ0n) is 17.8. The summed E-state index contributed by atoms with van der Waals surface area (Å²) in [5, 5.41) is 2.75. The molecule has 0 atom stereocenters. The zero-order chi connectivity index (χ0) is 22.5. The molecule has 1 aliphatic rings. The van der Waals surface area contributed by atoms with Gasteiger partial charge >= 0.3 is 6.03 Å². The summed E-state index contributed by atoms with van der Waals surface area (Å²) in [5.41, 5.74) is 2.62. The predicted octanol–water partition coefficient (Wildman–Crippen LogP) is 4.92. The molecule has 0 bridgehead atoms. The fourth-order valence-electron chi connectivity index (χ4n) is 3.68. The number of carbonyl (C=O) groups is 2. The number of hydrogen-bond donors (Lipinski definition) is 1. The highest BCUT2D eigenvalue weighted by molar-refractivity contribution is 6.04. The van der Waals surface area contributed by atoms with Crippen LogP contribution >= 0.6 is 0 Å². The van der Waals surface area contributed by atoms with Crippen molar-refractivity contribution >= 4 is 23.3 Å². The highest BCUT2D eigenvalue weighted by atomic mass is 19.1. The molecule has 3 aromatic carbocycles. The summed E-state index contributed by atoms with van der Waals surface area (Å²) in [7, 11) is 1.62. The topological polar surface area (TPSA) is 61.9 Å². The van der Waals surface area contributed by atoms with Crippen LogP contribution in [0.1, 0.15) is 22.3 Å². The van der Waals surface area contributed by atoms with Crippen molar-refractivity contribution in [3.05, 3.63) is 89.7 Å². The van der Waals surface area contributed by atoms with Crippen LogP contribution in [-0.4, -0.2) is 37.0 Å². The number of hydrogen-bond acceptors (Lipinski definition) is 3. The third kappa shape index (κ3) is 4.88. The van der Waals surface area contributed by atoms with Gasteiger partial charge in [-0.3, -0.25) is 9.69 Å². The Bertz CT molecular complexity index is 1100. The van der Waals surface area contributed by atoms with Gasteiger partial charge in [0.05, 0.1) is 7.11 Å². The average molecular weight is 433 g/mol. The van der Waals surface area contributed by atoms with Crippen LogP contribution in [0.25, 0.3) is 0 Å². The first-order valence-electron chi connectivity index (χ1n) is 10.4. The molecule has 7 heteroatoms. The third-order valence-corrected chi connectivity index (χ3v) is 5.37. The van der Waals surface area contributed by atoms with E-state index >= 15 is 0 Å². The number of rotatable bonds is 6. The predicted molar refractivity (Wildman–Crippen MR) is 122 cm³/mol. The number of nitrogens with zero attached hydrogens (tertiary/aromatic N) is 2. The lowest BCUT2D eigenvalue weighted by atomic mass is 10.1. The standard InChI is InChI=1S/C25H24FN3O3/c1-32-23-12-6-18(7-13-23)17-28-14-3-15-29(25(28)31)22-10-8-21(9-11-22)27-24(30)19-4-2-5-20(26)16-19/h2,4-13,16H,3,14-15,17H2,1H3,(H,27,30). The first kappa shape index (κ1) is 21.4. The molecule has 32 heavy (non-hydrogen) atoms. The van der Waals surface area contributed by atoms with E-state index in [0.717, 1.165) is 23.4 Å². The van der Waals surface area contributed by atoms with Crippen molar-refractivity contribution in [1.82, 2.24) is 4.90 Å². The van der Waals surface area contributed by atoms with E-state index in [1.165, 1.54) is 18.2 Å². The monoisotopic (exact) mass is 433 g/mol. The molecule has 0 unspecified atom stereocenters. The lowest BCUT2D eigenvalue weighted by molar-refractivity contribution is 0.102. The van der Waals surface area contributed by atoms with Crippen LogP contribution in [0.5, 0.6) is 5.75 Å². The Morgan fingerprint density at radius 2 is 1.78 bits per heavy atom. The van der Waals surface area contributed by atoms with Crippen molar-refractivity contribution in [1.29, 1.82) is 0 Å². The fraction of sp³-hybridized carbons (Fsp3) is 0.200. The quantitative estimate of drug-likeness (QED) is 0.600. The van der Waals surface area contributed by atoms with Crippen molar-refractivity contribution in [2.45, 2.75) is 13.0 Å². The van der Waals surface area contributed by atoms with E-state index in [9.17, 15) is 14.0 Å². The first-order chi connectivity index (χ1) is 15.5. The fourth-order valence-corrected chi connectivity index (χ4v) is 3.68. The van der Waals surface area contributed by atoms with Crippen LogP contribution in [0, 0.1) is 5.82 Å². The molecule has 0 aliphatic carbocycles. The number of anilines is 2. The maximum Gasteiger partial charge on any atom is 0.324 e. The van der Waals surface area contributed by atoms with E-state index < -0.39 is 11.7 Å². The van der Waals surface area contributed by atoms with E-state index in [4.69, 9.17) is 4.74 Å². The molecule has 3 amide bonds. The number of benzene rings is 3. The second-order valence-electron chi connectivity index (χ2n) is 7.57. The summed E-state index contributed by atoms with van der Waals surface area (Å²) in [4.78, 5) is 28.9. The molecule has 0 saturated carbocycles. The number of nitrogens with one attached hydrogen (secondary N) is 1. The second kappa shape index (κ2) is 9.51. The minimum atomic E-state index is -0.462. The highest BCUT2D eigenvalue weighted by Gasteiger charge is 2.26. The van der Waals surface area contributed by atoms with Gasteiger partial charge < -0.3 is 15.0 Å². The van der Waals surface area contributed by atoms with Gasteiger partial charge in [0.2, 0.25) is 0 Å². The SMILES string of the molecule is COc1ccc(CN2CCCN(c3ccc(NC(=O)c4cccc(F)c4)cc3)C2=O)cc1. The first-order valence-corrected chi connectivity index (χ1v) is 10.4. The molecule has 1 saturated heterocycles. The number of ether oxygens (including phenoxy) is 1. The summed E-state index contributed by atoms with van der Waals surface area (Å²) in [6, 6.07) is 20.2. The lowest BCUT2D eigenvalue weighted by Crippen LogP contribution is -2.49. The molecule has 3 aromatic rings. The maximum atomic E-state index is 13.3. The molecule has 4 rings (SSSR count). The van der Waals surface area contributed by atoms with Gasteiger partial charge in [0, 0.05) is 36.6 Å². The van der Waals surface area contributed by atoms with Gasteiger partial charge in [-0.25, -0.2) is 9.18 Å². The molecule has 1 N–H and O–H groups in total. The minimum absolute atomic E-state index is 0.0522. The Labute approximate surface area is 186 Å². The van der Waals surface area contributed by atoms with Crippen LogP contribution in [0.4, 0.5) is 20.6 Å². The van der Waals surface area contributed by atoms with Crippen LogP contribution in [0.15, 0.2) is 72.8 Å². The molecule has 1 aliphatic heterocycles. The van der Waals surface area contributed by atoms with Gasteiger partial charge in [-0.15, -0.1) is 0 Å². The van der Waals surface area contributed by atoms with Crippen molar-refractivity contribution in [3.63, 3.8) is 0 Å². The summed E-state index contributed by atoms with van der Waals surface area (Å²) < 4.78 is 18.5. The van der Waals surface area contributed by atoms with E-state index in [1.54, 1.807) is 42.3 Å². The molecular weight excluding hydrogens is 409 g/mol. The second-order valence-corrected chi connectivity index (χ2v) is 7.57. The Morgan fingerprint density at radius 1 is 1.03 bits per heavy atom. The van der Waals surface area contributed by atoms with Gasteiger partial charge in [-0.05, 0) is 66.6 Å². The number of urea groups is 1. The summed E-state index contributed by atoms with van der Waals surface area (Å²) in [6.45, 7) is 1.86. The number of carbonyl (C=O) groups excluding carboxylic acids is 2. The summed E-state index contributed by atoms with van der Waals surface area (Å²) in [6.07, 6.45) is 0.861.